The van der Waals surface area contributed by atoms with Crippen molar-refractivity contribution in [1.29, 1.82) is 0 Å². The predicted octanol–water partition coefficient (Wildman–Crippen LogP) is 1.58. The Morgan fingerprint density at radius 1 is 1.33 bits per heavy atom. The minimum atomic E-state index is -0.0673. The van der Waals surface area contributed by atoms with Crippen molar-refractivity contribution >= 4 is 16.5 Å². The lowest BCUT2D eigenvalue weighted by atomic mass is 10.1. The molecule has 15 heavy (non-hydrogen) atoms. The fourth-order valence-electron chi connectivity index (χ4n) is 1.45. The molecule has 0 aromatic rings. The summed E-state index contributed by atoms with van der Waals surface area (Å²) < 4.78 is 10.4. The Hall–Kier alpha value is -0.353. The molecule has 0 bridgehead atoms. The maximum absolute atomic E-state index is 10.8. The quantitative estimate of drug-likeness (QED) is 0.447. The Morgan fingerprint density at radius 2 is 2.07 bits per heavy atom. The van der Waals surface area contributed by atoms with Crippen LogP contribution in [0.5, 0.6) is 0 Å². The molecule has 3 nitrogen and oxygen atoms in total. The molecule has 0 aliphatic carbocycles. The fourth-order valence-corrected chi connectivity index (χ4v) is 1.65. The van der Waals surface area contributed by atoms with Gasteiger partial charge in [-0.15, -0.1) is 0 Å². The van der Waals surface area contributed by atoms with E-state index in [9.17, 15) is 4.79 Å². The van der Waals surface area contributed by atoms with Gasteiger partial charge in [0, 0.05) is 13.0 Å². The minimum Gasteiger partial charge on any atom is -0.529 e. The third-order valence-electron chi connectivity index (χ3n) is 2.42. The zero-order chi connectivity index (χ0) is 11.5. The number of unbranched alkanes of at least 4 members (excludes halogenated alkanes) is 1. The van der Waals surface area contributed by atoms with Crippen LogP contribution in [-0.4, -0.2) is 29.2 Å². The molecule has 0 amide bonds. The summed E-state index contributed by atoms with van der Waals surface area (Å²) in [5.74, 6) is -0.0673. The van der Waals surface area contributed by atoms with Crippen molar-refractivity contribution in [2.24, 2.45) is 0 Å². The minimum absolute atomic E-state index is 0.0673. The number of rotatable bonds is 9. The van der Waals surface area contributed by atoms with Gasteiger partial charge < -0.3 is 9.16 Å². The molecule has 0 aromatic carbocycles. The summed E-state index contributed by atoms with van der Waals surface area (Å²) in [6, 6.07) is 0. The smallest absolute Gasteiger partial charge is 0.291 e. The van der Waals surface area contributed by atoms with E-state index >= 15 is 0 Å². The second-order valence-electron chi connectivity index (χ2n) is 3.72. The van der Waals surface area contributed by atoms with Gasteiger partial charge in [-0.1, -0.05) is 20.3 Å². The fraction of sp³-hybridized carbons (Fsp3) is 0.909. The van der Waals surface area contributed by atoms with Crippen LogP contribution in [0.2, 0.25) is 0 Å². The summed E-state index contributed by atoms with van der Waals surface area (Å²) in [7, 11) is 0.510. The molecule has 0 N–H and O–H groups in total. The summed E-state index contributed by atoms with van der Waals surface area (Å²) in [4.78, 5) is 10.8. The largest absolute Gasteiger partial charge is 0.529 e. The van der Waals surface area contributed by atoms with Crippen LogP contribution in [-0.2, 0) is 14.0 Å². The number of carbonyl (C=O) groups excluding carboxylic acids is 1. The van der Waals surface area contributed by atoms with Crippen molar-refractivity contribution in [2.75, 3.05) is 6.61 Å². The average Bonchev–Trinajstić information content (AvgIpc) is 2.26. The molecule has 4 heteroatoms. The van der Waals surface area contributed by atoms with Gasteiger partial charge in [-0.05, 0) is 25.7 Å². The second-order valence-corrected chi connectivity index (χ2v) is 4.13. The first kappa shape index (κ1) is 14.6. The molecular weight excluding hydrogens is 208 g/mol. The summed E-state index contributed by atoms with van der Waals surface area (Å²) >= 11 is 0. The van der Waals surface area contributed by atoms with Gasteiger partial charge in [-0.25, -0.2) is 0 Å². The first-order valence-corrected chi connectivity index (χ1v) is 6.74. The predicted molar refractivity (Wildman–Crippen MR) is 64.8 cm³/mol. The monoisotopic (exact) mass is 232 g/mol. The van der Waals surface area contributed by atoms with Crippen LogP contribution in [0.15, 0.2) is 0 Å². The molecule has 0 fully saturated rings. The van der Waals surface area contributed by atoms with Gasteiger partial charge in [-0.2, -0.15) is 0 Å². The lowest BCUT2D eigenvalue weighted by Gasteiger charge is -2.14. The first-order valence-electron chi connectivity index (χ1n) is 5.93. The van der Waals surface area contributed by atoms with Gasteiger partial charge >= 0.3 is 0 Å². The summed E-state index contributed by atoms with van der Waals surface area (Å²) in [5, 5.41) is 0. The van der Waals surface area contributed by atoms with Crippen molar-refractivity contribution in [3.8, 4) is 0 Å². The maximum Gasteiger partial charge on any atom is 0.291 e. The number of carbonyl (C=O) groups is 1. The third kappa shape index (κ3) is 8.63. The summed E-state index contributed by atoms with van der Waals surface area (Å²) in [6.07, 6.45) is 6.17. The lowest BCUT2D eigenvalue weighted by Crippen LogP contribution is -2.12. The van der Waals surface area contributed by atoms with Crippen molar-refractivity contribution in [2.45, 2.75) is 58.5 Å². The van der Waals surface area contributed by atoms with Gasteiger partial charge in [0.25, 0.3) is 5.97 Å². The third-order valence-corrected chi connectivity index (χ3v) is 2.88. The summed E-state index contributed by atoms with van der Waals surface area (Å²) in [6.45, 7) is 5.10. The van der Waals surface area contributed by atoms with E-state index in [-0.39, 0.29) is 5.97 Å². The van der Waals surface area contributed by atoms with Crippen LogP contribution in [0.3, 0.4) is 0 Å². The van der Waals surface area contributed by atoms with Crippen LogP contribution in [0.25, 0.3) is 0 Å². The van der Waals surface area contributed by atoms with Crippen LogP contribution >= 0.6 is 0 Å². The molecule has 1 atom stereocenters. The van der Waals surface area contributed by atoms with Gasteiger partial charge in [0.15, 0.2) is 0 Å². The molecule has 90 valence electrons. The second kappa shape index (κ2) is 10.2. The topological polar surface area (TPSA) is 35.5 Å². The standard InChI is InChI=1S/C11H24O3Si/c1-3-7-10(4-2)13-9-6-5-8-11(12)14-15/h10H,3-9H2,1-2,15H3. The molecule has 0 rings (SSSR count). The molecule has 0 saturated heterocycles. The Balaban J connectivity index is 3.32. The van der Waals surface area contributed by atoms with Gasteiger partial charge in [0.1, 0.15) is 0 Å². The zero-order valence-corrected chi connectivity index (χ0v) is 12.3. The Labute approximate surface area is 96.1 Å². The van der Waals surface area contributed by atoms with Crippen molar-refractivity contribution < 1.29 is 14.0 Å². The zero-order valence-electron chi connectivity index (χ0n) is 10.3. The molecular formula is C11H24O3Si. The SMILES string of the molecule is CCCC(CC)OCCCCC(=O)O[SiH3]. The van der Waals surface area contributed by atoms with E-state index in [1.807, 2.05) is 0 Å². The van der Waals surface area contributed by atoms with Gasteiger partial charge in [-0.3, -0.25) is 4.79 Å². The van der Waals surface area contributed by atoms with E-state index < -0.39 is 0 Å². The molecule has 0 saturated carbocycles. The number of hydrogen-bond acceptors (Lipinski definition) is 3. The number of hydrogen-bond donors (Lipinski definition) is 0. The van der Waals surface area contributed by atoms with E-state index in [4.69, 9.17) is 9.16 Å². The van der Waals surface area contributed by atoms with Crippen LogP contribution in [0.1, 0.15) is 52.4 Å². The lowest BCUT2D eigenvalue weighted by molar-refractivity contribution is -0.134. The van der Waals surface area contributed by atoms with E-state index in [1.54, 1.807) is 0 Å². The van der Waals surface area contributed by atoms with Gasteiger partial charge in [0.05, 0.1) is 6.10 Å². The van der Waals surface area contributed by atoms with Crippen LogP contribution in [0.4, 0.5) is 0 Å². The summed E-state index contributed by atoms with van der Waals surface area (Å²) in [5.41, 5.74) is 0. The molecule has 0 heterocycles. The van der Waals surface area contributed by atoms with Crippen molar-refractivity contribution in [3.63, 3.8) is 0 Å². The highest BCUT2D eigenvalue weighted by atomic mass is 28.2. The first-order chi connectivity index (χ1) is 7.24. The molecule has 1 unspecified atom stereocenters. The highest BCUT2D eigenvalue weighted by Gasteiger charge is 2.04. The van der Waals surface area contributed by atoms with Crippen LogP contribution in [0, 0.1) is 0 Å². The average molecular weight is 232 g/mol. The van der Waals surface area contributed by atoms with Crippen LogP contribution < -0.4 is 0 Å². The molecule has 0 spiro atoms. The van der Waals surface area contributed by atoms with E-state index in [2.05, 4.69) is 13.8 Å². The van der Waals surface area contributed by atoms with Gasteiger partial charge in [0.2, 0.25) is 10.5 Å². The molecule has 0 aliphatic heterocycles. The molecule has 0 aliphatic rings. The normalized spacial score (nSPS) is 12.7. The molecule has 0 aromatic heterocycles. The van der Waals surface area contributed by atoms with E-state index in [0.29, 0.717) is 23.0 Å². The van der Waals surface area contributed by atoms with Crippen molar-refractivity contribution in [1.82, 2.24) is 0 Å². The molecule has 0 radical (unpaired) electrons. The van der Waals surface area contributed by atoms with Crippen molar-refractivity contribution in [3.05, 3.63) is 0 Å². The Kier molecular flexibility index (Phi) is 9.93. The number of ether oxygens (including phenoxy) is 1. The van der Waals surface area contributed by atoms with E-state index in [1.165, 1.54) is 6.42 Å². The Morgan fingerprint density at radius 3 is 2.60 bits per heavy atom. The van der Waals surface area contributed by atoms with E-state index in [0.717, 1.165) is 32.3 Å². The Bertz CT molecular complexity index is 162. The maximum atomic E-state index is 10.8. The highest BCUT2D eigenvalue weighted by molar-refractivity contribution is 6.05. The highest BCUT2D eigenvalue weighted by Crippen LogP contribution is 2.07.